The predicted octanol–water partition coefficient (Wildman–Crippen LogP) is 3.24. The van der Waals surface area contributed by atoms with E-state index in [0.717, 1.165) is 4.31 Å². The lowest BCUT2D eigenvalue weighted by Gasteiger charge is -2.30. The molecule has 1 amide bonds. The third-order valence-electron chi connectivity index (χ3n) is 5.64. The topological polar surface area (TPSA) is 117 Å². The number of thiazole rings is 1. The van der Waals surface area contributed by atoms with E-state index in [4.69, 9.17) is 11.6 Å². The normalized spacial score (nSPS) is 16.2. The Morgan fingerprint density at radius 3 is 2.29 bits per heavy atom. The first-order chi connectivity index (χ1) is 16.0. The van der Waals surface area contributed by atoms with Gasteiger partial charge in [-0.15, -0.1) is 0 Å². The standard InChI is InChI=1S/C21H23ClN4O5S3/c1-25(2)33(28,29)17-7-8-18-19(13-17)32-21(23-18)24-20(27)14-9-11-26(12-10-14)34(30,31)16-5-3-15(22)4-6-16/h3-8,13-14H,9-12H2,1-2H3,(H,23,24,27). The summed E-state index contributed by atoms with van der Waals surface area (Å²) in [5.41, 5.74) is 0.585. The van der Waals surface area contributed by atoms with Crippen molar-refractivity contribution in [2.24, 2.45) is 5.92 Å². The number of benzene rings is 2. The van der Waals surface area contributed by atoms with Crippen LogP contribution >= 0.6 is 22.9 Å². The molecule has 4 rings (SSSR count). The lowest BCUT2D eigenvalue weighted by molar-refractivity contribution is -0.120. The molecule has 1 fully saturated rings. The van der Waals surface area contributed by atoms with E-state index >= 15 is 0 Å². The maximum Gasteiger partial charge on any atom is 0.243 e. The Morgan fingerprint density at radius 2 is 1.68 bits per heavy atom. The molecule has 13 heteroatoms. The molecule has 0 radical (unpaired) electrons. The maximum absolute atomic E-state index is 12.8. The van der Waals surface area contributed by atoms with Gasteiger partial charge >= 0.3 is 0 Å². The van der Waals surface area contributed by atoms with E-state index in [2.05, 4.69) is 10.3 Å². The van der Waals surface area contributed by atoms with E-state index in [9.17, 15) is 21.6 Å². The molecule has 2 aromatic carbocycles. The van der Waals surface area contributed by atoms with Gasteiger partial charge in [-0.2, -0.15) is 4.31 Å². The molecule has 1 aromatic heterocycles. The van der Waals surface area contributed by atoms with Crippen LogP contribution in [-0.2, 0) is 24.8 Å². The van der Waals surface area contributed by atoms with Crippen molar-refractivity contribution in [1.82, 2.24) is 13.6 Å². The Morgan fingerprint density at radius 1 is 1.06 bits per heavy atom. The average molecular weight is 543 g/mol. The Balaban J connectivity index is 1.41. The molecule has 34 heavy (non-hydrogen) atoms. The van der Waals surface area contributed by atoms with Gasteiger partial charge in [0.2, 0.25) is 26.0 Å². The van der Waals surface area contributed by atoms with Crippen molar-refractivity contribution in [1.29, 1.82) is 0 Å². The van der Waals surface area contributed by atoms with Crippen LogP contribution in [0.15, 0.2) is 52.3 Å². The minimum atomic E-state index is -3.65. The summed E-state index contributed by atoms with van der Waals surface area (Å²) in [5, 5.41) is 3.63. The molecule has 0 saturated carbocycles. The number of piperidine rings is 1. The third kappa shape index (κ3) is 4.97. The van der Waals surface area contributed by atoms with Crippen LogP contribution in [0.5, 0.6) is 0 Å². The Hall–Kier alpha value is -2.09. The van der Waals surface area contributed by atoms with Crippen molar-refractivity contribution in [3.63, 3.8) is 0 Å². The number of anilines is 1. The molecule has 0 bridgehead atoms. The van der Waals surface area contributed by atoms with Gasteiger partial charge in [-0.05, 0) is 55.3 Å². The Labute approximate surface area is 207 Å². The number of nitrogens with one attached hydrogen (secondary N) is 1. The molecule has 1 aliphatic rings. The van der Waals surface area contributed by atoms with Crippen LogP contribution in [0.4, 0.5) is 5.13 Å². The molecule has 0 aliphatic carbocycles. The van der Waals surface area contributed by atoms with Crippen molar-refractivity contribution in [3.05, 3.63) is 47.5 Å². The highest BCUT2D eigenvalue weighted by Gasteiger charge is 2.32. The fourth-order valence-corrected chi connectivity index (χ4v) is 7.16. The maximum atomic E-state index is 12.8. The third-order valence-corrected chi connectivity index (χ3v) is 10.6. The predicted molar refractivity (Wildman–Crippen MR) is 132 cm³/mol. The number of hydrogen-bond donors (Lipinski definition) is 1. The molecule has 0 spiro atoms. The molecule has 9 nitrogen and oxygen atoms in total. The summed E-state index contributed by atoms with van der Waals surface area (Å²) in [6.07, 6.45) is 0.767. The number of sulfonamides is 2. The van der Waals surface area contributed by atoms with E-state index < -0.39 is 20.0 Å². The van der Waals surface area contributed by atoms with E-state index in [1.807, 2.05) is 0 Å². The summed E-state index contributed by atoms with van der Waals surface area (Å²) < 4.78 is 53.5. The van der Waals surface area contributed by atoms with Crippen LogP contribution in [0.3, 0.4) is 0 Å². The molecule has 0 atom stereocenters. The van der Waals surface area contributed by atoms with Crippen molar-refractivity contribution in [3.8, 4) is 0 Å². The number of carbonyl (C=O) groups excluding carboxylic acids is 1. The summed E-state index contributed by atoms with van der Waals surface area (Å²) in [6.45, 7) is 0.462. The first kappa shape index (κ1) is 25.0. The van der Waals surface area contributed by atoms with Crippen LogP contribution in [0.1, 0.15) is 12.8 Å². The number of carbonyl (C=O) groups is 1. The fourth-order valence-electron chi connectivity index (χ4n) is 3.65. The van der Waals surface area contributed by atoms with Crippen LogP contribution in [-0.4, -0.2) is 63.5 Å². The molecule has 182 valence electrons. The van der Waals surface area contributed by atoms with Gasteiger partial charge in [-0.1, -0.05) is 22.9 Å². The molecule has 3 aromatic rings. The summed E-state index contributed by atoms with van der Waals surface area (Å²) in [4.78, 5) is 17.5. The second-order valence-corrected chi connectivity index (χ2v) is 13.6. The van der Waals surface area contributed by atoms with Gasteiger partial charge in [0.1, 0.15) is 0 Å². The monoisotopic (exact) mass is 542 g/mol. The van der Waals surface area contributed by atoms with E-state index in [0.29, 0.717) is 33.2 Å². The van der Waals surface area contributed by atoms with E-state index in [-0.39, 0.29) is 34.7 Å². The number of nitrogens with zero attached hydrogens (tertiary/aromatic N) is 3. The van der Waals surface area contributed by atoms with Crippen LogP contribution in [0.2, 0.25) is 5.02 Å². The number of fused-ring (bicyclic) bond motifs is 1. The minimum Gasteiger partial charge on any atom is -0.302 e. The van der Waals surface area contributed by atoms with Gasteiger partial charge < -0.3 is 5.32 Å². The van der Waals surface area contributed by atoms with Gasteiger partial charge in [-0.3, -0.25) is 4.79 Å². The number of aromatic nitrogens is 1. The SMILES string of the molecule is CN(C)S(=O)(=O)c1ccc2nc(NC(=O)C3CCN(S(=O)(=O)c4ccc(Cl)cc4)CC3)sc2c1. The number of amides is 1. The summed E-state index contributed by atoms with van der Waals surface area (Å²) >= 11 is 7.04. The smallest absolute Gasteiger partial charge is 0.243 e. The number of hydrogen-bond acceptors (Lipinski definition) is 7. The van der Waals surface area contributed by atoms with Crippen molar-refractivity contribution in [2.75, 3.05) is 32.5 Å². The summed E-state index contributed by atoms with van der Waals surface area (Å²) in [6, 6.07) is 10.6. The molecular weight excluding hydrogens is 520 g/mol. The molecule has 1 N–H and O–H groups in total. The summed E-state index contributed by atoms with van der Waals surface area (Å²) in [5.74, 6) is -0.586. The Kier molecular flexibility index (Phi) is 7.00. The first-order valence-electron chi connectivity index (χ1n) is 10.4. The van der Waals surface area contributed by atoms with Gasteiger partial charge in [-0.25, -0.2) is 26.1 Å². The lowest BCUT2D eigenvalue weighted by Crippen LogP contribution is -2.41. The lowest BCUT2D eigenvalue weighted by atomic mass is 9.97. The summed E-state index contributed by atoms with van der Waals surface area (Å²) in [7, 11) is -4.30. The zero-order valence-corrected chi connectivity index (χ0v) is 21.6. The second-order valence-electron chi connectivity index (χ2n) is 8.06. The number of rotatable bonds is 6. The molecule has 0 unspecified atom stereocenters. The molecule has 2 heterocycles. The molecular formula is C21H23ClN4O5S3. The van der Waals surface area contributed by atoms with Crippen LogP contribution < -0.4 is 5.32 Å². The first-order valence-corrected chi connectivity index (χ1v) is 14.5. The van der Waals surface area contributed by atoms with Gasteiger partial charge in [0.15, 0.2) is 5.13 Å². The van der Waals surface area contributed by atoms with Crippen molar-refractivity contribution in [2.45, 2.75) is 22.6 Å². The average Bonchev–Trinajstić information content (AvgIpc) is 3.20. The van der Waals surface area contributed by atoms with Gasteiger partial charge in [0.05, 0.1) is 20.0 Å². The van der Waals surface area contributed by atoms with Crippen molar-refractivity contribution < 1.29 is 21.6 Å². The zero-order chi connectivity index (χ0) is 24.7. The van der Waals surface area contributed by atoms with Crippen LogP contribution in [0.25, 0.3) is 10.2 Å². The minimum absolute atomic E-state index is 0.154. The van der Waals surface area contributed by atoms with E-state index in [1.54, 1.807) is 6.07 Å². The fraction of sp³-hybridized carbons (Fsp3) is 0.333. The highest BCUT2D eigenvalue weighted by atomic mass is 35.5. The zero-order valence-electron chi connectivity index (χ0n) is 18.4. The highest BCUT2D eigenvalue weighted by Crippen LogP contribution is 2.30. The van der Waals surface area contributed by atoms with E-state index in [1.165, 1.54) is 66.1 Å². The van der Waals surface area contributed by atoms with Crippen LogP contribution in [0, 0.1) is 5.92 Å². The largest absolute Gasteiger partial charge is 0.302 e. The Bertz CT molecular complexity index is 1430. The van der Waals surface area contributed by atoms with Gasteiger partial charge in [0, 0.05) is 38.1 Å². The van der Waals surface area contributed by atoms with Gasteiger partial charge in [0.25, 0.3) is 0 Å². The quantitative estimate of drug-likeness (QED) is 0.511. The number of halogens is 1. The molecule has 1 aliphatic heterocycles. The second kappa shape index (κ2) is 9.51. The van der Waals surface area contributed by atoms with Crippen molar-refractivity contribution >= 4 is 64.2 Å². The highest BCUT2D eigenvalue weighted by molar-refractivity contribution is 7.89. The molecule has 1 saturated heterocycles.